The van der Waals surface area contributed by atoms with Gasteiger partial charge in [-0.3, -0.25) is 14.9 Å². The molecule has 1 amide bonds. The zero-order valence-electron chi connectivity index (χ0n) is 15.6. The quantitative estimate of drug-likeness (QED) is 0.343. The molecular weight excluding hydrogens is 412 g/mol. The lowest BCUT2D eigenvalue weighted by Crippen LogP contribution is -2.17. The van der Waals surface area contributed by atoms with E-state index in [0.29, 0.717) is 27.6 Å². The Labute approximate surface area is 176 Å². The van der Waals surface area contributed by atoms with Gasteiger partial charge in [-0.25, -0.2) is 10.4 Å². The van der Waals surface area contributed by atoms with Crippen LogP contribution in [0.2, 0.25) is 5.02 Å². The summed E-state index contributed by atoms with van der Waals surface area (Å²) in [6.45, 7) is 0. The van der Waals surface area contributed by atoms with Crippen molar-refractivity contribution in [3.8, 4) is 17.4 Å². The lowest BCUT2D eigenvalue weighted by Gasteiger charge is -2.10. The molecule has 3 rings (SSSR count). The Hall–Kier alpha value is -3.98. The summed E-state index contributed by atoms with van der Waals surface area (Å²) in [4.78, 5) is 26.1. The Kier molecular flexibility index (Phi) is 6.56. The van der Waals surface area contributed by atoms with Crippen LogP contribution in [-0.4, -0.2) is 29.1 Å². The maximum Gasteiger partial charge on any atom is 0.287 e. The Balaban J connectivity index is 1.69. The largest absolute Gasteiger partial charge is 0.493 e. The average molecular weight is 427 g/mol. The van der Waals surface area contributed by atoms with Crippen LogP contribution in [0.4, 0.5) is 5.69 Å². The number of nitrogens with one attached hydrogen (secondary N) is 1. The number of benzene rings is 2. The standard InChI is InChI=1S/C20H15ClN4O5/c1-29-18-10-13(11-23-24-20(26)15-4-2-3-5-16(15)21)6-8-17(18)30-19-9-7-14(12-22-19)25(27)28/h2-12H,1H3,(H,24,26)/b23-11-. The molecule has 1 N–H and O–H groups in total. The maximum atomic E-state index is 12.1. The summed E-state index contributed by atoms with van der Waals surface area (Å²) in [5.74, 6) is 0.480. The summed E-state index contributed by atoms with van der Waals surface area (Å²) in [5, 5.41) is 14.9. The van der Waals surface area contributed by atoms with E-state index < -0.39 is 10.8 Å². The maximum absolute atomic E-state index is 12.1. The van der Waals surface area contributed by atoms with Gasteiger partial charge in [0.15, 0.2) is 11.5 Å². The van der Waals surface area contributed by atoms with Crippen LogP contribution in [0.25, 0.3) is 0 Å². The van der Waals surface area contributed by atoms with E-state index in [-0.39, 0.29) is 11.6 Å². The highest BCUT2D eigenvalue weighted by atomic mass is 35.5. The third-order valence-electron chi connectivity index (χ3n) is 3.83. The Morgan fingerprint density at radius 3 is 2.67 bits per heavy atom. The summed E-state index contributed by atoms with van der Waals surface area (Å²) >= 11 is 5.98. The van der Waals surface area contributed by atoms with Crippen molar-refractivity contribution in [1.82, 2.24) is 10.4 Å². The zero-order chi connectivity index (χ0) is 21.5. The van der Waals surface area contributed by atoms with Gasteiger partial charge in [0.1, 0.15) is 6.20 Å². The van der Waals surface area contributed by atoms with Gasteiger partial charge in [0.2, 0.25) is 5.88 Å². The van der Waals surface area contributed by atoms with Crippen molar-refractivity contribution in [2.45, 2.75) is 0 Å². The SMILES string of the molecule is COc1cc(/C=N\NC(=O)c2ccccc2Cl)ccc1Oc1ccc([N+](=O)[O-])cn1. The molecule has 0 fully saturated rings. The van der Waals surface area contributed by atoms with Gasteiger partial charge in [0, 0.05) is 12.1 Å². The second-order valence-corrected chi connectivity index (χ2v) is 6.21. The van der Waals surface area contributed by atoms with E-state index in [2.05, 4.69) is 15.5 Å². The zero-order valence-corrected chi connectivity index (χ0v) is 16.4. The fourth-order valence-corrected chi connectivity index (χ4v) is 2.59. The smallest absolute Gasteiger partial charge is 0.287 e. The van der Waals surface area contributed by atoms with E-state index in [1.54, 1.807) is 42.5 Å². The van der Waals surface area contributed by atoms with E-state index in [1.165, 1.54) is 25.5 Å². The van der Waals surface area contributed by atoms with Crippen LogP contribution >= 0.6 is 11.6 Å². The summed E-state index contributed by atoms with van der Waals surface area (Å²) in [7, 11) is 1.46. The molecule has 2 aromatic carbocycles. The predicted octanol–water partition coefficient (Wildman–Crippen LogP) is 4.21. The number of hydrogen-bond acceptors (Lipinski definition) is 7. The van der Waals surface area contributed by atoms with Crippen molar-refractivity contribution in [2.24, 2.45) is 5.10 Å². The first-order valence-corrected chi connectivity index (χ1v) is 8.90. The number of nitrogens with zero attached hydrogens (tertiary/aromatic N) is 3. The minimum atomic E-state index is -0.546. The van der Waals surface area contributed by atoms with Crippen molar-refractivity contribution in [3.63, 3.8) is 0 Å². The number of ether oxygens (including phenoxy) is 2. The summed E-state index contributed by atoms with van der Waals surface area (Å²) in [6.07, 6.45) is 2.54. The van der Waals surface area contributed by atoms with Crippen LogP contribution in [0.5, 0.6) is 17.4 Å². The van der Waals surface area contributed by atoms with Gasteiger partial charge in [-0.1, -0.05) is 23.7 Å². The summed E-state index contributed by atoms with van der Waals surface area (Å²) < 4.78 is 10.9. The molecule has 0 saturated carbocycles. The lowest BCUT2D eigenvalue weighted by atomic mass is 10.2. The molecule has 0 radical (unpaired) electrons. The third-order valence-corrected chi connectivity index (χ3v) is 4.16. The van der Waals surface area contributed by atoms with E-state index in [1.807, 2.05) is 0 Å². The first-order chi connectivity index (χ1) is 14.5. The Morgan fingerprint density at radius 1 is 1.20 bits per heavy atom. The van der Waals surface area contributed by atoms with Gasteiger partial charge in [-0.2, -0.15) is 5.10 Å². The van der Waals surface area contributed by atoms with Gasteiger partial charge in [0.05, 0.1) is 28.8 Å². The summed E-state index contributed by atoms with van der Waals surface area (Å²) in [5.41, 5.74) is 3.21. The van der Waals surface area contributed by atoms with E-state index >= 15 is 0 Å². The van der Waals surface area contributed by atoms with Crippen LogP contribution in [0.1, 0.15) is 15.9 Å². The lowest BCUT2D eigenvalue weighted by molar-refractivity contribution is -0.385. The Bertz CT molecular complexity index is 1100. The predicted molar refractivity (Wildman–Crippen MR) is 110 cm³/mol. The highest BCUT2D eigenvalue weighted by molar-refractivity contribution is 6.33. The fraction of sp³-hybridized carbons (Fsp3) is 0.0500. The number of nitro groups is 1. The highest BCUT2D eigenvalue weighted by Gasteiger charge is 2.11. The molecule has 9 nitrogen and oxygen atoms in total. The number of amides is 1. The number of aromatic nitrogens is 1. The average Bonchev–Trinajstić information content (AvgIpc) is 2.75. The van der Waals surface area contributed by atoms with E-state index in [4.69, 9.17) is 21.1 Å². The molecule has 0 aliphatic rings. The highest BCUT2D eigenvalue weighted by Crippen LogP contribution is 2.31. The number of carbonyl (C=O) groups is 1. The topological polar surface area (TPSA) is 116 Å². The van der Waals surface area contributed by atoms with Crippen LogP contribution in [0, 0.1) is 10.1 Å². The molecule has 0 aliphatic heterocycles. The molecule has 0 bridgehead atoms. The van der Waals surface area contributed by atoms with Crippen molar-refractivity contribution in [1.29, 1.82) is 0 Å². The molecular formula is C20H15ClN4O5. The number of rotatable bonds is 7. The third kappa shape index (κ3) is 5.09. The first-order valence-electron chi connectivity index (χ1n) is 8.52. The van der Waals surface area contributed by atoms with E-state index in [9.17, 15) is 14.9 Å². The molecule has 3 aromatic rings. The number of methoxy groups -OCH3 is 1. The van der Waals surface area contributed by atoms with Gasteiger partial charge in [-0.15, -0.1) is 0 Å². The second-order valence-electron chi connectivity index (χ2n) is 5.80. The van der Waals surface area contributed by atoms with Crippen LogP contribution in [0.3, 0.4) is 0 Å². The number of hydrazone groups is 1. The van der Waals surface area contributed by atoms with Crippen LogP contribution < -0.4 is 14.9 Å². The minimum Gasteiger partial charge on any atom is -0.493 e. The summed E-state index contributed by atoms with van der Waals surface area (Å²) in [6, 6.07) is 14.3. The number of pyridine rings is 1. The molecule has 0 atom stereocenters. The monoisotopic (exact) mass is 426 g/mol. The number of hydrogen-bond donors (Lipinski definition) is 1. The second kappa shape index (κ2) is 9.48. The van der Waals surface area contributed by atoms with Crippen molar-refractivity contribution >= 4 is 29.4 Å². The first kappa shape index (κ1) is 20.7. The molecule has 0 aliphatic carbocycles. The Morgan fingerprint density at radius 2 is 2.00 bits per heavy atom. The van der Waals surface area contributed by atoms with Gasteiger partial charge < -0.3 is 9.47 Å². The van der Waals surface area contributed by atoms with Crippen molar-refractivity contribution in [2.75, 3.05) is 7.11 Å². The minimum absolute atomic E-state index is 0.139. The molecule has 1 aromatic heterocycles. The molecule has 30 heavy (non-hydrogen) atoms. The van der Waals surface area contributed by atoms with Crippen molar-refractivity contribution < 1.29 is 19.2 Å². The number of halogens is 1. The molecule has 0 spiro atoms. The molecule has 1 heterocycles. The molecule has 152 valence electrons. The van der Waals surface area contributed by atoms with Crippen molar-refractivity contribution in [3.05, 3.63) is 87.1 Å². The molecule has 0 saturated heterocycles. The van der Waals surface area contributed by atoms with E-state index in [0.717, 1.165) is 6.20 Å². The van der Waals surface area contributed by atoms with Gasteiger partial charge in [0.25, 0.3) is 11.6 Å². The van der Waals surface area contributed by atoms with Gasteiger partial charge >= 0.3 is 0 Å². The fourth-order valence-electron chi connectivity index (χ4n) is 2.37. The normalized spacial score (nSPS) is 10.6. The van der Waals surface area contributed by atoms with Gasteiger partial charge in [-0.05, 0) is 35.9 Å². The molecule has 0 unspecified atom stereocenters. The van der Waals surface area contributed by atoms with Crippen LogP contribution in [-0.2, 0) is 0 Å². The van der Waals surface area contributed by atoms with Crippen LogP contribution in [0.15, 0.2) is 65.9 Å². The molecule has 10 heteroatoms. The number of carbonyl (C=O) groups excluding carboxylic acids is 1.